The number of phenols is 1. The average molecular weight is 399 g/mol. The summed E-state index contributed by atoms with van der Waals surface area (Å²) in [6, 6.07) is 1.71. The Morgan fingerprint density at radius 1 is 1.17 bits per heavy atom. The predicted octanol–water partition coefficient (Wildman–Crippen LogP) is 1.00. The Labute approximate surface area is 170 Å². The van der Waals surface area contributed by atoms with Crippen LogP contribution in [0.1, 0.15) is 35.6 Å². The topological polar surface area (TPSA) is 135 Å². The molecule has 29 heavy (non-hydrogen) atoms. The Kier molecular flexibility index (Phi) is 7.67. The lowest BCUT2D eigenvalue weighted by Gasteiger charge is -2.30. The van der Waals surface area contributed by atoms with E-state index in [1.165, 1.54) is 11.2 Å². The van der Waals surface area contributed by atoms with Gasteiger partial charge >= 0.3 is 0 Å². The number of primary amides is 1. The first-order chi connectivity index (χ1) is 13.7. The third-order valence-corrected chi connectivity index (χ3v) is 5.06. The van der Waals surface area contributed by atoms with Crippen LogP contribution < -0.4 is 11.5 Å². The first kappa shape index (κ1) is 22.3. The van der Waals surface area contributed by atoms with E-state index in [9.17, 15) is 14.7 Å². The molecule has 5 N–H and O–H groups in total. The van der Waals surface area contributed by atoms with Gasteiger partial charge in [0.25, 0.3) is 0 Å². The minimum atomic E-state index is -0.821. The van der Waals surface area contributed by atoms with Crippen LogP contribution in [0.15, 0.2) is 30.9 Å². The third-order valence-electron chi connectivity index (χ3n) is 5.06. The van der Waals surface area contributed by atoms with Gasteiger partial charge < -0.3 is 21.5 Å². The molecule has 0 unspecified atom stereocenters. The maximum Gasteiger partial charge on any atom is 0.240 e. The molecule has 0 radical (unpaired) electrons. The standard InChI is InChI=1S/C21H29N5O3/c1-13-7-17(27)8-14(2)18(13)9-19(22)21(29)26(15(3)20(23)28)6-4-5-16-10-24-12-25-11-16/h7-8,10-12,15,19,27H,4-6,9,22H2,1-3H3,(H2,23,28)/t15-,19+/m1/s1. The number of hydrogen-bond donors (Lipinski definition) is 3. The van der Waals surface area contributed by atoms with Gasteiger partial charge in [-0.1, -0.05) is 0 Å². The zero-order valence-electron chi connectivity index (χ0n) is 17.1. The summed E-state index contributed by atoms with van der Waals surface area (Å²) in [5.41, 5.74) is 15.3. The number of nitrogens with two attached hydrogens (primary N) is 2. The maximum atomic E-state index is 13.0. The molecule has 0 aliphatic heterocycles. The third kappa shape index (κ3) is 5.99. The van der Waals surface area contributed by atoms with Gasteiger partial charge in [0.15, 0.2) is 0 Å². The van der Waals surface area contributed by atoms with Crippen molar-refractivity contribution in [1.29, 1.82) is 0 Å². The van der Waals surface area contributed by atoms with Crippen LogP contribution in [-0.4, -0.2) is 50.4 Å². The molecule has 0 spiro atoms. The summed E-state index contributed by atoms with van der Waals surface area (Å²) >= 11 is 0. The second kappa shape index (κ2) is 9.97. The number of carbonyl (C=O) groups is 2. The van der Waals surface area contributed by atoms with Crippen molar-refractivity contribution in [2.24, 2.45) is 11.5 Å². The molecule has 0 saturated carbocycles. The zero-order valence-corrected chi connectivity index (χ0v) is 17.1. The Hall–Kier alpha value is -3.00. The largest absolute Gasteiger partial charge is 0.508 e. The van der Waals surface area contributed by atoms with Gasteiger partial charge in [0.05, 0.1) is 6.04 Å². The van der Waals surface area contributed by atoms with E-state index in [4.69, 9.17) is 11.5 Å². The minimum absolute atomic E-state index is 0.178. The van der Waals surface area contributed by atoms with Gasteiger partial charge in [-0.05, 0) is 74.4 Å². The molecule has 2 rings (SSSR count). The van der Waals surface area contributed by atoms with Gasteiger partial charge in [0, 0.05) is 18.9 Å². The summed E-state index contributed by atoms with van der Waals surface area (Å²) in [6.45, 7) is 5.69. The van der Waals surface area contributed by atoms with Crippen LogP contribution in [0.5, 0.6) is 5.75 Å². The highest BCUT2D eigenvalue weighted by Crippen LogP contribution is 2.22. The van der Waals surface area contributed by atoms with Crippen LogP contribution in [0.2, 0.25) is 0 Å². The molecule has 1 aromatic heterocycles. The van der Waals surface area contributed by atoms with Crippen molar-refractivity contribution in [2.45, 2.75) is 52.1 Å². The molecule has 8 heteroatoms. The van der Waals surface area contributed by atoms with Crippen molar-refractivity contribution in [3.05, 3.63) is 53.1 Å². The van der Waals surface area contributed by atoms with Crippen molar-refractivity contribution in [2.75, 3.05) is 6.54 Å². The second-order valence-corrected chi connectivity index (χ2v) is 7.33. The number of amides is 2. The summed E-state index contributed by atoms with van der Waals surface area (Å²) in [5.74, 6) is -0.726. The summed E-state index contributed by atoms with van der Waals surface area (Å²) in [4.78, 5) is 34.2. The molecule has 0 aliphatic carbocycles. The van der Waals surface area contributed by atoms with E-state index < -0.39 is 18.0 Å². The van der Waals surface area contributed by atoms with Crippen molar-refractivity contribution in [3.63, 3.8) is 0 Å². The maximum absolute atomic E-state index is 13.0. The minimum Gasteiger partial charge on any atom is -0.508 e. The molecule has 0 fully saturated rings. The van der Waals surface area contributed by atoms with Crippen LogP contribution in [0.3, 0.4) is 0 Å². The molecule has 0 aliphatic rings. The SMILES string of the molecule is Cc1cc(O)cc(C)c1C[C@H](N)C(=O)N(CCCc1cncnc1)[C@H](C)C(N)=O. The number of aromatic hydroxyl groups is 1. The smallest absolute Gasteiger partial charge is 0.240 e. The number of aromatic nitrogens is 2. The number of carbonyl (C=O) groups excluding carboxylic acids is 2. The van der Waals surface area contributed by atoms with Crippen LogP contribution in [-0.2, 0) is 22.4 Å². The summed E-state index contributed by atoms with van der Waals surface area (Å²) in [7, 11) is 0. The number of nitrogens with zero attached hydrogens (tertiary/aromatic N) is 3. The van der Waals surface area contributed by atoms with Crippen molar-refractivity contribution < 1.29 is 14.7 Å². The molecule has 2 atom stereocenters. The lowest BCUT2D eigenvalue weighted by atomic mass is 9.95. The van der Waals surface area contributed by atoms with E-state index in [2.05, 4.69) is 9.97 Å². The zero-order chi connectivity index (χ0) is 21.6. The van der Waals surface area contributed by atoms with Gasteiger partial charge in [0.1, 0.15) is 18.1 Å². The molecular formula is C21H29N5O3. The normalized spacial score (nSPS) is 13.0. The molecule has 8 nitrogen and oxygen atoms in total. The van der Waals surface area contributed by atoms with Crippen LogP contribution in [0.4, 0.5) is 0 Å². The van der Waals surface area contributed by atoms with Crippen LogP contribution >= 0.6 is 0 Å². The van der Waals surface area contributed by atoms with E-state index >= 15 is 0 Å². The molecular weight excluding hydrogens is 370 g/mol. The Bertz CT molecular complexity index is 834. The highest BCUT2D eigenvalue weighted by Gasteiger charge is 2.28. The molecule has 1 aromatic carbocycles. The van der Waals surface area contributed by atoms with Crippen molar-refractivity contribution in [1.82, 2.24) is 14.9 Å². The molecule has 2 aromatic rings. The highest BCUT2D eigenvalue weighted by atomic mass is 16.3. The Morgan fingerprint density at radius 3 is 2.31 bits per heavy atom. The first-order valence-electron chi connectivity index (χ1n) is 9.59. The van der Waals surface area contributed by atoms with Gasteiger partial charge in [-0.15, -0.1) is 0 Å². The molecule has 1 heterocycles. The predicted molar refractivity (Wildman–Crippen MR) is 110 cm³/mol. The van der Waals surface area contributed by atoms with E-state index in [1.807, 2.05) is 13.8 Å². The number of phenolic OH excluding ortho intramolecular Hbond substituents is 1. The summed E-state index contributed by atoms with van der Waals surface area (Å²) in [6.07, 6.45) is 6.51. The van der Waals surface area contributed by atoms with Gasteiger partial charge in [-0.2, -0.15) is 0 Å². The molecule has 0 bridgehead atoms. The average Bonchev–Trinajstić information content (AvgIpc) is 2.67. The van der Waals surface area contributed by atoms with Gasteiger partial charge in [0.2, 0.25) is 11.8 Å². The lowest BCUT2D eigenvalue weighted by molar-refractivity contribution is -0.139. The van der Waals surface area contributed by atoms with E-state index in [0.717, 1.165) is 22.3 Å². The number of benzene rings is 1. The second-order valence-electron chi connectivity index (χ2n) is 7.33. The number of aryl methyl sites for hydroxylation is 3. The van der Waals surface area contributed by atoms with Crippen molar-refractivity contribution >= 4 is 11.8 Å². The van der Waals surface area contributed by atoms with Crippen LogP contribution in [0.25, 0.3) is 0 Å². The van der Waals surface area contributed by atoms with E-state index in [-0.39, 0.29) is 11.7 Å². The molecule has 0 saturated heterocycles. The fraction of sp³-hybridized carbons (Fsp3) is 0.429. The van der Waals surface area contributed by atoms with Gasteiger partial charge in [-0.3, -0.25) is 9.59 Å². The molecule has 2 amide bonds. The van der Waals surface area contributed by atoms with E-state index in [0.29, 0.717) is 25.8 Å². The van der Waals surface area contributed by atoms with Crippen LogP contribution in [0, 0.1) is 13.8 Å². The highest BCUT2D eigenvalue weighted by molar-refractivity contribution is 5.89. The summed E-state index contributed by atoms with van der Waals surface area (Å²) in [5, 5.41) is 9.71. The van der Waals surface area contributed by atoms with E-state index in [1.54, 1.807) is 31.5 Å². The fourth-order valence-corrected chi connectivity index (χ4v) is 3.37. The monoisotopic (exact) mass is 399 g/mol. The summed E-state index contributed by atoms with van der Waals surface area (Å²) < 4.78 is 0. The Morgan fingerprint density at radius 2 is 1.76 bits per heavy atom. The Balaban J connectivity index is 2.10. The quantitative estimate of drug-likeness (QED) is 0.576. The number of rotatable bonds is 9. The lowest BCUT2D eigenvalue weighted by Crippen LogP contribution is -2.53. The fourth-order valence-electron chi connectivity index (χ4n) is 3.37. The van der Waals surface area contributed by atoms with Crippen molar-refractivity contribution in [3.8, 4) is 5.75 Å². The van der Waals surface area contributed by atoms with Gasteiger partial charge in [-0.25, -0.2) is 9.97 Å². The number of hydrogen-bond acceptors (Lipinski definition) is 6. The first-order valence-corrected chi connectivity index (χ1v) is 9.59. The molecule has 156 valence electrons.